The minimum absolute atomic E-state index is 0.150. The van der Waals surface area contributed by atoms with E-state index in [-0.39, 0.29) is 24.7 Å². The second kappa shape index (κ2) is 38.4. The average Bonchev–Trinajstić information content (AvgIpc) is 3.33. The van der Waals surface area contributed by atoms with Crippen molar-refractivity contribution in [2.45, 2.75) is 207 Å². The van der Waals surface area contributed by atoms with Gasteiger partial charge in [-0.2, -0.15) is 0 Å². The highest BCUT2D eigenvalue weighted by Gasteiger charge is 2.29. The van der Waals surface area contributed by atoms with E-state index < -0.39 is 70.8 Å². The summed E-state index contributed by atoms with van der Waals surface area (Å²) in [7, 11) is 0. The van der Waals surface area contributed by atoms with Crippen molar-refractivity contribution < 1.29 is 62.0 Å². The second-order valence-electron chi connectivity index (χ2n) is 23.0. The van der Waals surface area contributed by atoms with Gasteiger partial charge in [0.15, 0.2) is 0 Å². The fourth-order valence-corrected chi connectivity index (χ4v) is 6.90. The Labute approximate surface area is 470 Å². The lowest BCUT2D eigenvalue weighted by atomic mass is 10.1. The number of nitrogens with one attached hydrogen (secondary N) is 7. The fourth-order valence-electron chi connectivity index (χ4n) is 6.90. The number of benzene rings is 2. The molecule has 7 amide bonds. The molecule has 0 unspecified atom stereocenters. The quantitative estimate of drug-likeness (QED) is 0.0253. The van der Waals surface area contributed by atoms with Gasteiger partial charge in [0.2, 0.25) is 17.7 Å². The minimum Gasteiger partial charge on any atom is -0.444 e. The molecule has 2 rings (SSSR count). The summed E-state index contributed by atoms with van der Waals surface area (Å²) in [5.74, 6) is -1.06. The number of hydrogen-bond donors (Lipinski definition) is 8. The van der Waals surface area contributed by atoms with Gasteiger partial charge in [0.05, 0.1) is 19.3 Å². The maximum atomic E-state index is 13.6. The molecular formula is C58H98N8O13. The van der Waals surface area contributed by atoms with Crippen LogP contribution in [-0.4, -0.2) is 129 Å². The highest BCUT2D eigenvalue weighted by Crippen LogP contribution is 2.13. The van der Waals surface area contributed by atoms with Gasteiger partial charge in [0, 0.05) is 45.9 Å². The fraction of sp³-hybridized carbons (Fsp3) is 0.672. The Morgan fingerprint density at radius 1 is 0.392 bits per heavy atom. The van der Waals surface area contributed by atoms with Crippen molar-refractivity contribution in [1.82, 2.24) is 37.2 Å². The molecule has 0 bridgehead atoms. The topological polar surface area (TPSA) is 285 Å². The first kappa shape index (κ1) is 70.8. The van der Waals surface area contributed by atoms with E-state index in [4.69, 9.17) is 34.2 Å². The summed E-state index contributed by atoms with van der Waals surface area (Å²) in [5, 5.41) is 19.2. The minimum atomic E-state index is -1.00. The molecule has 0 aliphatic carbocycles. The monoisotopic (exact) mass is 1110 g/mol. The number of hydrogen-bond acceptors (Lipinski definition) is 14. The third kappa shape index (κ3) is 41.5. The largest absolute Gasteiger partial charge is 0.444 e. The molecule has 0 fully saturated rings. The number of carbonyl (C=O) groups is 7. The van der Waals surface area contributed by atoms with E-state index in [2.05, 4.69) is 37.2 Å². The Hall–Kier alpha value is -6.19. The molecule has 0 aliphatic heterocycles. The normalized spacial score (nSPS) is 12.7. The predicted octanol–water partition coefficient (Wildman–Crippen LogP) is 8.21. The van der Waals surface area contributed by atoms with Gasteiger partial charge in [0.1, 0.15) is 34.5 Å². The maximum Gasteiger partial charge on any atom is 0.408 e. The first-order valence-electron chi connectivity index (χ1n) is 27.8. The van der Waals surface area contributed by atoms with Crippen LogP contribution in [0.25, 0.3) is 0 Å². The molecule has 0 saturated carbocycles. The van der Waals surface area contributed by atoms with Crippen LogP contribution in [-0.2, 0) is 56.0 Å². The lowest BCUT2D eigenvalue weighted by Gasteiger charge is -2.25. The number of unbranched alkanes of at least 4 members (excludes halogenated alkanes) is 3. The highest BCUT2D eigenvalue weighted by atomic mass is 16.6. The van der Waals surface area contributed by atoms with E-state index in [1.807, 2.05) is 81.4 Å². The molecule has 2 aromatic rings. The molecule has 0 heterocycles. The number of alkyl carbamates (subject to hydrolysis) is 4. The molecule has 21 nitrogen and oxygen atoms in total. The van der Waals surface area contributed by atoms with Crippen molar-refractivity contribution in [1.29, 1.82) is 0 Å². The summed E-state index contributed by atoms with van der Waals surface area (Å²) < 4.78 is 32.4. The Bertz CT molecular complexity index is 2050. The summed E-state index contributed by atoms with van der Waals surface area (Å²) in [4.78, 5) is 87.1. The molecule has 0 aliphatic rings. The molecule has 0 aromatic heterocycles. The zero-order chi connectivity index (χ0) is 59.3. The SMILES string of the molecule is CC(C)(C)OC(=O)NCCCC[C@H](N)C(=O)NCCCOCc1ccccc1.CC(C)(C)OC(=O)NCCCC[C@H](NC(=O)OC(C)(C)C)C(=O)N[C@@H](CCCCNC(=O)OC(C)(C)C)C(=O)NCCCOCc1ccccc1. The highest BCUT2D eigenvalue weighted by molar-refractivity contribution is 5.91. The Balaban J connectivity index is 0.000000936. The van der Waals surface area contributed by atoms with Crippen LogP contribution in [0.5, 0.6) is 0 Å². The van der Waals surface area contributed by atoms with Crippen LogP contribution in [0, 0.1) is 0 Å². The second-order valence-corrected chi connectivity index (χ2v) is 23.0. The smallest absolute Gasteiger partial charge is 0.408 e. The van der Waals surface area contributed by atoms with Crippen LogP contribution in [0.15, 0.2) is 60.7 Å². The van der Waals surface area contributed by atoms with Crippen LogP contribution < -0.4 is 43.0 Å². The van der Waals surface area contributed by atoms with Gasteiger partial charge in [-0.15, -0.1) is 0 Å². The summed E-state index contributed by atoms with van der Waals surface area (Å²) in [5.41, 5.74) is 5.55. The molecule has 0 saturated heterocycles. The molecule has 21 heteroatoms. The van der Waals surface area contributed by atoms with Gasteiger partial charge in [-0.05, 0) is 165 Å². The van der Waals surface area contributed by atoms with Crippen LogP contribution in [0.3, 0.4) is 0 Å². The van der Waals surface area contributed by atoms with Crippen LogP contribution in [0.4, 0.5) is 19.2 Å². The van der Waals surface area contributed by atoms with Crippen LogP contribution in [0.2, 0.25) is 0 Å². The van der Waals surface area contributed by atoms with E-state index in [1.165, 1.54) is 0 Å². The summed E-state index contributed by atoms with van der Waals surface area (Å²) >= 11 is 0. The van der Waals surface area contributed by atoms with E-state index in [0.29, 0.717) is 97.7 Å². The summed E-state index contributed by atoms with van der Waals surface area (Å²) in [6, 6.07) is 17.3. The molecule has 0 spiro atoms. The Kier molecular flexibility index (Phi) is 34.4. The van der Waals surface area contributed by atoms with E-state index >= 15 is 0 Å². The number of nitrogens with two attached hydrogens (primary N) is 1. The molecule has 0 radical (unpaired) electrons. The summed E-state index contributed by atoms with van der Waals surface area (Å²) in [6.07, 6.45) is 3.67. The third-order valence-corrected chi connectivity index (χ3v) is 10.5. The third-order valence-electron chi connectivity index (χ3n) is 10.5. The maximum absolute atomic E-state index is 13.6. The number of rotatable bonds is 32. The lowest BCUT2D eigenvalue weighted by Crippen LogP contribution is -2.54. The van der Waals surface area contributed by atoms with Crippen molar-refractivity contribution in [3.05, 3.63) is 71.8 Å². The Morgan fingerprint density at radius 2 is 0.722 bits per heavy atom. The van der Waals surface area contributed by atoms with Gasteiger partial charge in [-0.1, -0.05) is 60.7 Å². The van der Waals surface area contributed by atoms with Gasteiger partial charge in [-0.3, -0.25) is 14.4 Å². The first-order valence-corrected chi connectivity index (χ1v) is 27.8. The van der Waals surface area contributed by atoms with E-state index in [1.54, 1.807) is 62.3 Å². The van der Waals surface area contributed by atoms with Crippen LogP contribution >= 0.6 is 0 Å². The summed E-state index contributed by atoms with van der Waals surface area (Å²) in [6.45, 7) is 25.3. The zero-order valence-corrected chi connectivity index (χ0v) is 49.5. The standard InChI is InChI=1S/C37H63N5O9.C21H35N3O4/c1-35(2,3)49-32(45)39-22-15-13-20-28(30(43)38-24-17-25-48-26-27-18-11-10-12-19-27)41-31(44)29(42-34(47)51-37(7,8)9)21-14-16-23-40-33(46)50-36(4,5)6;1-21(2,3)28-20(26)24-13-8-7-12-18(22)19(25)23-14-9-15-27-16-17-10-5-4-6-11-17/h10-12,18-19,28-29H,13-17,20-26H2,1-9H3,(H,38,43)(H,39,45)(H,40,46)(H,41,44)(H,42,47);4-6,10-11,18H,7-9,12-16,22H2,1-3H3,(H,23,25)(H,24,26)/t28-,29-;18-/m00/s1. The molecule has 2 aromatic carbocycles. The zero-order valence-electron chi connectivity index (χ0n) is 49.5. The van der Waals surface area contributed by atoms with E-state index in [0.717, 1.165) is 30.4 Å². The Morgan fingerprint density at radius 3 is 1.10 bits per heavy atom. The van der Waals surface area contributed by atoms with Gasteiger partial charge in [-0.25, -0.2) is 19.2 Å². The van der Waals surface area contributed by atoms with Crippen molar-refractivity contribution >= 4 is 42.1 Å². The molecule has 79 heavy (non-hydrogen) atoms. The molecule has 3 atom stereocenters. The van der Waals surface area contributed by atoms with E-state index in [9.17, 15) is 33.6 Å². The van der Waals surface area contributed by atoms with Gasteiger partial charge in [0.25, 0.3) is 0 Å². The average molecular weight is 1120 g/mol. The molecule has 9 N–H and O–H groups in total. The number of ether oxygens (including phenoxy) is 6. The first-order chi connectivity index (χ1) is 37.0. The van der Waals surface area contributed by atoms with Crippen molar-refractivity contribution in [2.24, 2.45) is 5.73 Å². The molecule has 448 valence electrons. The van der Waals surface area contributed by atoms with Gasteiger partial charge >= 0.3 is 24.4 Å². The number of carbonyl (C=O) groups excluding carboxylic acids is 7. The van der Waals surface area contributed by atoms with Crippen LogP contribution in [0.1, 0.15) is 165 Å². The van der Waals surface area contributed by atoms with Crippen molar-refractivity contribution in [2.75, 3.05) is 45.9 Å². The van der Waals surface area contributed by atoms with Crippen molar-refractivity contribution in [3.63, 3.8) is 0 Å². The van der Waals surface area contributed by atoms with Gasteiger partial charge < -0.3 is 71.4 Å². The predicted molar refractivity (Wildman–Crippen MR) is 305 cm³/mol. The number of amides is 7. The lowest BCUT2D eigenvalue weighted by molar-refractivity contribution is -0.130. The molecular weight excluding hydrogens is 1020 g/mol. The van der Waals surface area contributed by atoms with Crippen molar-refractivity contribution in [3.8, 4) is 0 Å².